The zero-order valence-corrected chi connectivity index (χ0v) is 14.4. The molecule has 1 fully saturated rings. The fraction of sp³-hybridized carbons (Fsp3) is 0.278. The molecule has 2 aromatic rings. The van der Waals surface area contributed by atoms with E-state index in [1.54, 1.807) is 11.8 Å². The van der Waals surface area contributed by atoms with Gasteiger partial charge in [-0.2, -0.15) is 0 Å². The normalized spacial score (nSPS) is 20.2. The molecule has 0 radical (unpaired) electrons. The molecule has 0 aromatic heterocycles. The van der Waals surface area contributed by atoms with E-state index in [-0.39, 0.29) is 18.1 Å². The van der Waals surface area contributed by atoms with E-state index in [0.717, 1.165) is 28.4 Å². The molecule has 2 aromatic carbocycles. The number of hydrogen-bond donors (Lipinski definition) is 0. The molecule has 2 heterocycles. The van der Waals surface area contributed by atoms with E-state index in [0.29, 0.717) is 6.54 Å². The van der Waals surface area contributed by atoms with Gasteiger partial charge >= 0.3 is 0 Å². The lowest BCUT2D eigenvalue weighted by atomic mass is 10.1. The van der Waals surface area contributed by atoms with Crippen molar-refractivity contribution >= 4 is 29.3 Å². The Hall–Kier alpha value is -1.85. The van der Waals surface area contributed by atoms with Crippen LogP contribution in [0.5, 0.6) is 11.5 Å². The van der Waals surface area contributed by atoms with Gasteiger partial charge in [-0.1, -0.05) is 36.4 Å². The van der Waals surface area contributed by atoms with Gasteiger partial charge < -0.3 is 14.4 Å². The molecule has 0 bridgehead atoms. The zero-order valence-electron chi connectivity index (χ0n) is 12.9. The number of halogens is 1. The van der Waals surface area contributed by atoms with Gasteiger partial charge in [-0.25, -0.2) is 0 Å². The second-order valence-electron chi connectivity index (χ2n) is 5.64. The molecule has 2 unspecified atom stereocenters. The fourth-order valence-corrected chi connectivity index (χ4v) is 4.47. The first-order chi connectivity index (χ1) is 11.7. The van der Waals surface area contributed by atoms with Crippen molar-refractivity contribution in [3.05, 3.63) is 59.7 Å². The third kappa shape index (κ3) is 2.82. The maximum atomic E-state index is 12.9. The van der Waals surface area contributed by atoms with E-state index in [9.17, 15) is 4.79 Å². The predicted octanol–water partition coefficient (Wildman–Crippen LogP) is 3.97. The molecular formula is C18H16ClNO3S. The fourth-order valence-electron chi connectivity index (χ4n) is 2.95. The Balaban J connectivity index is 1.57. The number of nitrogens with zero attached hydrogens (tertiary/aromatic N) is 1. The number of alkyl halides is 1. The number of benzene rings is 2. The highest BCUT2D eigenvalue weighted by atomic mass is 35.5. The van der Waals surface area contributed by atoms with Crippen LogP contribution in [0.4, 0.5) is 0 Å². The first-order valence-electron chi connectivity index (χ1n) is 7.75. The summed E-state index contributed by atoms with van der Waals surface area (Å²) in [5.41, 5.74) is 1.86. The standard InChI is InChI=1S/C18H16ClNO3S/c19-16(12-4-2-1-3-5-12)17(21)20-8-9-24-18(20)13-6-7-14-15(10-13)23-11-22-14/h1-7,10,16,18H,8-9,11H2. The van der Waals surface area contributed by atoms with Crippen molar-refractivity contribution in [2.75, 3.05) is 19.1 Å². The minimum atomic E-state index is -0.665. The van der Waals surface area contributed by atoms with E-state index < -0.39 is 5.38 Å². The minimum absolute atomic E-state index is 0.0445. The largest absolute Gasteiger partial charge is 0.454 e. The third-order valence-corrected chi connectivity index (χ3v) is 5.86. The average Bonchev–Trinajstić information content (AvgIpc) is 3.29. The number of amides is 1. The predicted molar refractivity (Wildman–Crippen MR) is 94.5 cm³/mol. The van der Waals surface area contributed by atoms with Gasteiger partial charge in [0.2, 0.25) is 12.7 Å². The van der Waals surface area contributed by atoms with Crippen molar-refractivity contribution in [2.24, 2.45) is 0 Å². The molecule has 1 amide bonds. The highest BCUT2D eigenvalue weighted by Gasteiger charge is 2.35. The van der Waals surface area contributed by atoms with Crippen LogP contribution in [0.1, 0.15) is 21.9 Å². The Morgan fingerprint density at radius 1 is 1.17 bits per heavy atom. The maximum absolute atomic E-state index is 12.9. The van der Waals surface area contributed by atoms with Crippen molar-refractivity contribution in [3.63, 3.8) is 0 Å². The molecule has 1 saturated heterocycles. The van der Waals surface area contributed by atoms with E-state index in [2.05, 4.69) is 0 Å². The molecular weight excluding hydrogens is 346 g/mol. The van der Waals surface area contributed by atoms with Gasteiger partial charge in [-0.3, -0.25) is 4.79 Å². The van der Waals surface area contributed by atoms with Crippen LogP contribution in [-0.4, -0.2) is 29.9 Å². The van der Waals surface area contributed by atoms with Crippen LogP contribution in [-0.2, 0) is 4.79 Å². The van der Waals surface area contributed by atoms with Crippen LogP contribution in [0.15, 0.2) is 48.5 Å². The maximum Gasteiger partial charge on any atom is 0.246 e. The molecule has 0 N–H and O–H groups in total. The molecule has 124 valence electrons. The number of fused-ring (bicyclic) bond motifs is 1. The molecule has 0 saturated carbocycles. The molecule has 6 heteroatoms. The van der Waals surface area contributed by atoms with Crippen LogP contribution in [0, 0.1) is 0 Å². The van der Waals surface area contributed by atoms with Crippen molar-refractivity contribution < 1.29 is 14.3 Å². The van der Waals surface area contributed by atoms with Crippen LogP contribution in [0.25, 0.3) is 0 Å². The van der Waals surface area contributed by atoms with Crippen LogP contribution >= 0.6 is 23.4 Å². The Morgan fingerprint density at radius 3 is 2.79 bits per heavy atom. The van der Waals surface area contributed by atoms with E-state index in [1.165, 1.54) is 0 Å². The number of carbonyl (C=O) groups is 1. The first kappa shape index (κ1) is 15.7. The van der Waals surface area contributed by atoms with Gasteiger partial charge in [0.15, 0.2) is 11.5 Å². The van der Waals surface area contributed by atoms with Crippen molar-refractivity contribution in [3.8, 4) is 11.5 Å². The number of hydrogen-bond acceptors (Lipinski definition) is 4. The number of rotatable bonds is 3. The quantitative estimate of drug-likeness (QED) is 0.775. The summed E-state index contributed by atoms with van der Waals surface area (Å²) in [7, 11) is 0. The van der Waals surface area contributed by atoms with Crippen LogP contribution < -0.4 is 9.47 Å². The second kappa shape index (κ2) is 6.57. The average molecular weight is 362 g/mol. The van der Waals surface area contributed by atoms with Gasteiger partial charge in [-0.15, -0.1) is 23.4 Å². The third-order valence-electron chi connectivity index (χ3n) is 4.16. The van der Waals surface area contributed by atoms with Gasteiger partial charge in [0.25, 0.3) is 0 Å². The van der Waals surface area contributed by atoms with Gasteiger partial charge in [-0.05, 0) is 23.3 Å². The summed E-state index contributed by atoms with van der Waals surface area (Å²) in [6, 6.07) is 15.3. The summed E-state index contributed by atoms with van der Waals surface area (Å²) in [6.07, 6.45) is 0. The van der Waals surface area contributed by atoms with Crippen LogP contribution in [0.2, 0.25) is 0 Å². The van der Waals surface area contributed by atoms with Gasteiger partial charge in [0, 0.05) is 12.3 Å². The molecule has 0 aliphatic carbocycles. The molecule has 4 nitrogen and oxygen atoms in total. The lowest BCUT2D eigenvalue weighted by Crippen LogP contribution is -2.33. The molecule has 2 atom stereocenters. The van der Waals surface area contributed by atoms with Gasteiger partial charge in [0.05, 0.1) is 0 Å². The molecule has 4 rings (SSSR count). The molecule has 2 aliphatic rings. The summed E-state index contributed by atoms with van der Waals surface area (Å²) in [5, 5.41) is -0.710. The van der Waals surface area contributed by atoms with E-state index in [1.807, 2.05) is 53.4 Å². The lowest BCUT2D eigenvalue weighted by molar-refractivity contribution is -0.131. The van der Waals surface area contributed by atoms with Crippen molar-refractivity contribution in [1.82, 2.24) is 4.90 Å². The SMILES string of the molecule is O=C(C(Cl)c1ccccc1)N1CCSC1c1ccc2c(c1)OCO2. The highest BCUT2D eigenvalue weighted by Crippen LogP contribution is 2.43. The van der Waals surface area contributed by atoms with Crippen LogP contribution in [0.3, 0.4) is 0 Å². The summed E-state index contributed by atoms with van der Waals surface area (Å²) in [6.45, 7) is 0.940. The Bertz CT molecular complexity index is 755. The highest BCUT2D eigenvalue weighted by molar-refractivity contribution is 7.99. The topological polar surface area (TPSA) is 38.8 Å². The lowest BCUT2D eigenvalue weighted by Gasteiger charge is -2.26. The monoisotopic (exact) mass is 361 g/mol. The Labute approximate surface area is 149 Å². The number of carbonyl (C=O) groups excluding carboxylic acids is 1. The van der Waals surface area contributed by atoms with Crippen molar-refractivity contribution in [1.29, 1.82) is 0 Å². The van der Waals surface area contributed by atoms with E-state index >= 15 is 0 Å². The Morgan fingerprint density at radius 2 is 1.96 bits per heavy atom. The number of ether oxygens (including phenoxy) is 2. The first-order valence-corrected chi connectivity index (χ1v) is 9.23. The number of thioether (sulfide) groups is 1. The second-order valence-corrected chi connectivity index (χ2v) is 7.27. The molecule has 2 aliphatic heterocycles. The summed E-state index contributed by atoms with van der Waals surface area (Å²) < 4.78 is 10.8. The van der Waals surface area contributed by atoms with E-state index in [4.69, 9.17) is 21.1 Å². The van der Waals surface area contributed by atoms with Gasteiger partial charge in [0.1, 0.15) is 10.8 Å². The minimum Gasteiger partial charge on any atom is -0.454 e. The van der Waals surface area contributed by atoms with Crippen molar-refractivity contribution in [2.45, 2.75) is 10.8 Å². The summed E-state index contributed by atoms with van der Waals surface area (Å²) in [5.74, 6) is 2.32. The summed E-state index contributed by atoms with van der Waals surface area (Å²) >= 11 is 8.18. The molecule has 24 heavy (non-hydrogen) atoms. The molecule has 0 spiro atoms. The smallest absolute Gasteiger partial charge is 0.246 e. The Kier molecular flexibility index (Phi) is 4.29. The summed E-state index contributed by atoms with van der Waals surface area (Å²) in [4.78, 5) is 14.7. The zero-order chi connectivity index (χ0) is 16.5.